The van der Waals surface area contributed by atoms with Gasteiger partial charge in [0.05, 0.1) is 22.5 Å². The zero-order valence-corrected chi connectivity index (χ0v) is 23.3. The van der Waals surface area contributed by atoms with Crippen molar-refractivity contribution in [3.05, 3.63) is 50.0 Å². The molecule has 2 aromatic rings. The summed E-state index contributed by atoms with van der Waals surface area (Å²) in [6.45, 7) is 2.95. The summed E-state index contributed by atoms with van der Waals surface area (Å²) in [5, 5.41) is 9.16. The first-order valence-corrected chi connectivity index (χ1v) is 13.1. The minimum absolute atomic E-state index is 0.0584. The van der Waals surface area contributed by atoms with E-state index in [0.717, 1.165) is 17.3 Å². The Labute approximate surface area is 230 Å². The van der Waals surface area contributed by atoms with Crippen molar-refractivity contribution in [1.29, 1.82) is 0 Å². The van der Waals surface area contributed by atoms with Crippen molar-refractivity contribution in [3.8, 4) is 11.5 Å². The van der Waals surface area contributed by atoms with Gasteiger partial charge >= 0.3 is 11.8 Å². The van der Waals surface area contributed by atoms with E-state index in [1.54, 1.807) is 24.3 Å². The van der Waals surface area contributed by atoms with Crippen molar-refractivity contribution in [2.75, 3.05) is 31.7 Å². The highest BCUT2D eigenvalue weighted by atomic mass is 127. The van der Waals surface area contributed by atoms with Gasteiger partial charge in [0.15, 0.2) is 18.1 Å². The topological polar surface area (TPSA) is 127 Å². The van der Waals surface area contributed by atoms with Crippen LogP contribution in [-0.2, 0) is 19.1 Å². The number of benzene rings is 2. The molecule has 3 rings (SSSR count). The summed E-state index contributed by atoms with van der Waals surface area (Å²) >= 11 is 5.42. The van der Waals surface area contributed by atoms with Crippen molar-refractivity contribution >= 4 is 68.1 Å². The Morgan fingerprint density at radius 3 is 2.67 bits per heavy atom. The molecule has 192 valence electrons. The van der Waals surface area contributed by atoms with Crippen molar-refractivity contribution < 1.29 is 28.6 Å². The standard InChI is InChI=1S/C24H26BrIN4O6/c1-2-34-20-11-15(12-28-30-24(33)23(32)27-13-18-4-3-9-35-18)10-19(26)22(20)36-14-21(31)29-17-7-5-16(25)6-8-17/h5-8,10-12,18H,2-4,9,13-14H2,1H3,(H,27,32)(H,29,31)(H,30,33)/b28-12-/t18-/m1/s1. The van der Waals surface area contributed by atoms with Crippen LogP contribution in [0.3, 0.4) is 0 Å². The van der Waals surface area contributed by atoms with E-state index in [1.165, 1.54) is 6.21 Å². The summed E-state index contributed by atoms with van der Waals surface area (Å²) in [7, 11) is 0. The van der Waals surface area contributed by atoms with Crippen LogP contribution in [0.25, 0.3) is 0 Å². The first kappa shape index (κ1) is 27.9. The second-order valence-corrected chi connectivity index (χ2v) is 9.73. The Kier molecular flexibility index (Phi) is 10.9. The molecule has 3 amide bonds. The molecule has 0 aliphatic carbocycles. The average Bonchev–Trinajstić information content (AvgIpc) is 3.37. The van der Waals surface area contributed by atoms with Crippen LogP contribution in [0.2, 0.25) is 0 Å². The monoisotopic (exact) mass is 672 g/mol. The highest BCUT2D eigenvalue weighted by Crippen LogP contribution is 2.34. The summed E-state index contributed by atoms with van der Waals surface area (Å²) in [6, 6.07) is 10.6. The molecule has 12 heteroatoms. The predicted octanol–water partition coefficient (Wildman–Crippen LogP) is 3.22. The summed E-state index contributed by atoms with van der Waals surface area (Å²) in [4.78, 5) is 36.2. The van der Waals surface area contributed by atoms with Gasteiger partial charge in [-0.3, -0.25) is 14.4 Å². The first-order chi connectivity index (χ1) is 17.4. The number of amides is 3. The highest BCUT2D eigenvalue weighted by Gasteiger charge is 2.19. The van der Waals surface area contributed by atoms with Crippen molar-refractivity contribution in [2.45, 2.75) is 25.9 Å². The molecule has 3 N–H and O–H groups in total. The Hall–Kier alpha value is -2.71. The van der Waals surface area contributed by atoms with Crippen molar-refractivity contribution in [3.63, 3.8) is 0 Å². The van der Waals surface area contributed by atoms with Crippen LogP contribution in [0.15, 0.2) is 46.0 Å². The molecular weight excluding hydrogens is 647 g/mol. The number of rotatable bonds is 10. The molecule has 1 aliphatic heterocycles. The molecule has 1 atom stereocenters. The van der Waals surface area contributed by atoms with Gasteiger partial charge in [-0.2, -0.15) is 5.10 Å². The number of nitrogens with one attached hydrogen (secondary N) is 3. The lowest BCUT2D eigenvalue weighted by Crippen LogP contribution is -2.41. The molecule has 36 heavy (non-hydrogen) atoms. The van der Waals surface area contributed by atoms with Crippen LogP contribution in [0.5, 0.6) is 11.5 Å². The molecule has 1 aliphatic rings. The molecule has 1 heterocycles. The molecule has 0 bridgehead atoms. The highest BCUT2D eigenvalue weighted by molar-refractivity contribution is 14.1. The molecule has 0 saturated carbocycles. The maximum absolute atomic E-state index is 12.3. The summed E-state index contributed by atoms with van der Waals surface area (Å²) in [5.74, 6) is -1.14. The SMILES string of the molecule is CCOc1cc(/C=N\NC(=O)C(=O)NC[C@H]2CCCO2)cc(I)c1OCC(=O)Nc1ccc(Br)cc1. The minimum Gasteiger partial charge on any atom is -0.490 e. The fourth-order valence-corrected chi connectivity index (χ4v) is 4.29. The lowest BCUT2D eigenvalue weighted by molar-refractivity contribution is -0.139. The third-order valence-corrected chi connectivity index (χ3v) is 6.24. The molecular formula is C24H26BrIN4O6. The quantitative estimate of drug-likeness (QED) is 0.154. The van der Waals surface area contributed by atoms with Gasteiger partial charge in [-0.05, 0) is 84.3 Å². The lowest BCUT2D eigenvalue weighted by atomic mass is 10.2. The zero-order chi connectivity index (χ0) is 25.9. The molecule has 2 aromatic carbocycles. The van der Waals surface area contributed by atoms with Crippen LogP contribution in [0.4, 0.5) is 5.69 Å². The molecule has 10 nitrogen and oxygen atoms in total. The van der Waals surface area contributed by atoms with Gasteiger partial charge in [0, 0.05) is 23.3 Å². The largest absolute Gasteiger partial charge is 0.490 e. The Balaban J connectivity index is 1.55. The number of hydrogen-bond donors (Lipinski definition) is 3. The minimum atomic E-state index is -0.874. The van der Waals surface area contributed by atoms with Gasteiger partial charge in [0.1, 0.15) is 0 Å². The number of anilines is 1. The van der Waals surface area contributed by atoms with Gasteiger partial charge in [-0.1, -0.05) is 15.9 Å². The maximum atomic E-state index is 12.3. The molecule has 0 aromatic heterocycles. The third-order valence-electron chi connectivity index (χ3n) is 4.91. The van der Waals surface area contributed by atoms with Crippen LogP contribution in [0, 0.1) is 3.57 Å². The number of hydrogen-bond acceptors (Lipinski definition) is 7. The van der Waals surface area contributed by atoms with E-state index in [9.17, 15) is 14.4 Å². The maximum Gasteiger partial charge on any atom is 0.329 e. The van der Waals surface area contributed by atoms with Crippen molar-refractivity contribution in [2.24, 2.45) is 5.10 Å². The number of hydrazone groups is 1. The van der Waals surface area contributed by atoms with Gasteiger partial charge < -0.3 is 24.8 Å². The Morgan fingerprint density at radius 2 is 1.97 bits per heavy atom. The van der Waals surface area contributed by atoms with E-state index < -0.39 is 11.8 Å². The smallest absolute Gasteiger partial charge is 0.329 e. The number of carbonyl (C=O) groups excluding carboxylic acids is 3. The van der Waals surface area contributed by atoms with E-state index in [-0.39, 0.29) is 25.2 Å². The first-order valence-electron chi connectivity index (χ1n) is 11.2. The van der Waals surface area contributed by atoms with Gasteiger partial charge in [0.2, 0.25) is 0 Å². The van der Waals surface area contributed by atoms with Crippen LogP contribution < -0.4 is 25.5 Å². The normalized spacial score (nSPS) is 14.9. The van der Waals surface area contributed by atoms with E-state index in [4.69, 9.17) is 14.2 Å². The lowest BCUT2D eigenvalue weighted by Gasteiger charge is -2.14. The summed E-state index contributed by atoms with van der Waals surface area (Å²) in [5.41, 5.74) is 3.47. The number of carbonyl (C=O) groups is 3. The fourth-order valence-electron chi connectivity index (χ4n) is 3.24. The van der Waals surface area contributed by atoms with Crippen molar-refractivity contribution in [1.82, 2.24) is 10.7 Å². The number of nitrogens with zero attached hydrogens (tertiary/aromatic N) is 1. The second-order valence-electron chi connectivity index (χ2n) is 7.65. The molecule has 1 saturated heterocycles. The van der Waals surface area contributed by atoms with Crippen LogP contribution >= 0.6 is 38.5 Å². The average molecular weight is 673 g/mol. The predicted molar refractivity (Wildman–Crippen MR) is 146 cm³/mol. The second kappa shape index (κ2) is 14.1. The summed E-state index contributed by atoms with van der Waals surface area (Å²) < 4.78 is 18.4. The van der Waals surface area contributed by atoms with Crippen LogP contribution in [-0.4, -0.2) is 56.4 Å². The fraction of sp³-hybridized carbons (Fsp3) is 0.333. The number of halogens is 2. The van der Waals surface area contributed by atoms with Crippen LogP contribution in [0.1, 0.15) is 25.3 Å². The van der Waals surface area contributed by atoms with Gasteiger partial charge in [0.25, 0.3) is 5.91 Å². The number of ether oxygens (including phenoxy) is 3. The van der Waals surface area contributed by atoms with E-state index in [2.05, 4.69) is 59.7 Å². The molecule has 0 radical (unpaired) electrons. The van der Waals surface area contributed by atoms with E-state index in [1.807, 2.05) is 19.1 Å². The Bertz CT molecular complexity index is 1110. The molecule has 0 unspecified atom stereocenters. The molecule has 0 spiro atoms. The van der Waals surface area contributed by atoms with Gasteiger partial charge in [-0.25, -0.2) is 5.43 Å². The summed E-state index contributed by atoms with van der Waals surface area (Å²) in [6.07, 6.45) is 3.13. The van der Waals surface area contributed by atoms with Gasteiger partial charge in [-0.15, -0.1) is 0 Å². The van der Waals surface area contributed by atoms with E-state index >= 15 is 0 Å². The van der Waals surface area contributed by atoms with E-state index in [0.29, 0.717) is 39.5 Å². The third kappa shape index (κ3) is 8.75. The zero-order valence-electron chi connectivity index (χ0n) is 19.5. The Morgan fingerprint density at radius 1 is 1.19 bits per heavy atom. The molecule has 1 fully saturated rings.